The van der Waals surface area contributed by atoms with E-state index in [0.29, 0.717) is 5.75 Å². The number of hydrogen-bond acceptors (Lipinski definition) is 3. The van der Waals surface area contributed by atoms with Gasteiger partial charge in [-0.05, 0) is 51.2 Å². The Morgan fingerprint density at radius 2 is 2.00 bits per heavy atom. The van der Waals surface area contributed by atoms with Crippen molar-refractivity contribution < 1.29 is 14.6 Å². The maximum atomic E-state index is 10.6. The van der Waals surface area contributed by atoms with E-state index >= 15 is 0 Å². The van der Waals surface area contributed by atoms with E-state index in [4.69, 9.17) is 9.84 Å². The standard InChI is InChI=1S/C9H10O3.C4H9N/c1-6-3-4-7(12-2)5-8(6)9(10)11;1-5-3-2-4-5/h3-5H,1-2H3,(H,10,11);2-4H2,1H3. The van der Waals surface area contributed by atoms with Crippen molar-refractivity contribution in [1.29, 1.82) is 0 Å². The molecule has 1 fully saturated rings. The molecule has 1 aromatic carbocycles. The summed E-state index contributed by atoms with van der Waals surface area (Å²) in [7, 11) is 3.65. The molecule has 1 aliphatic rings. The molecule has 0 bridgehead atoms. The van der Waals surface area contributed by atoms with Gasteiger partial charge in [-0.1, -0.05) is 6.07 Å². The van der Waals surface area contributed by atoms with Crippen LogP contribution < -0.4 is 4.74 Å². The van der Waals surface area contributed by atoms with Crippen LogP contribution in [0.1, 0.15) is 22.3 Å². The van der Waals surface area contributed by atoms with Crippen LogP contribution in [-0.2, 0) is 0 Å². The third-order valence-electron chi connectivity index (χ3n) is 2.75. The molecule has 1 heterocycles. The first-order valence-corrected chi connectivity index (χ1v) is 5.61. The van der Waals surface area contributed by atoms with Crippen molar-refractivity contribution in [3.63, 3.8) is 0 Å². The van der Waals surface area contributed by atoms with E-state index in [2.05, 4.69) is 11.9 Å². The lowest BCUT2D eigenvalue weighted by Crippen LogP contribution is -2.32. The summed E-state index contributed by atoms with van der Waals surface area (Å²) >= 11 is 0. The molecular weight excluding hydrogens is 218 g/mol. The fraction of sp³-hybridized carbons (Fsp3) is 0.462. The van der Waals surface area contributed by atoms with Gasteiger partial charge in [-0.25, -0.2) is 4.79 Å². The van der Waals surface area contributed by atoms with Crippen LogP contribution in [0, 0.1) is 6.92 Å². The van der Waals surface area contributed by atoms with E-state index in [1.54, 1.807) is 19.1 Å². The minimum Gasteiger partial charge on any atom is -0.497 e. The summed E-state index contributed by atoms with van der Waals surface area (Å²) in [5.74, 6) is -0.357. The minimum atomic E-state index is -0.925. The van der Waals surface area contributed by atoms with Crippen molar-refractivity contribution >= 4 is 5.97 Å². The Kier molecular flexibility index (Phi) is 4.97. The Morgan fingerprint density at radius 3 is 2.35 bits per heavy atom. The lowest BCUT2D eigenvalue weighted by atomic mass is 10.1. The largest absolute Gasteiger partial charge is 0.497 e. The number of ether oxygens (including phenoxy) is 1. The summed E-state index contributed by atoms with van der Waals surface area (Å²) in [5.41, 5.74) is 1.03. The molecule has 0 aliphatic carbocycles. The number of carboxylic acids is 1. The van der Waals surface area contributed by atoms with Gasteiger partial charge in [0.05, 0.1) is 12.7 Å². The molecule has 1 aromatic rings. The monoisotopic (exact) mass is 237 g/mol. The zero-order chi connectivity index (χ0) is 12.8. The van der Waals surface area contributed by atoms with Crippen molar-refractivity contribution in [3.8, 4) is 5.75 Å². The lowest BCUT2D eigenvalue weighted by molar-refractivity contribution is 0.0695. The van der Waals surface area contributed by atoms with Gasteiger partial charge >= 0.3 is 5.97 Å². The first kappa shape index (κ1) is 13.5. The zero-order valence-electron chi connectivity index (χ0n) is 10.6. The van der Waals surface area contributed by atoms with Crippen LogP contribution in [0.25, 0.3) is 0 Å². The van der Waals surface area contributed by atoms with Gasteiger partial charge < -0.3 is 14.7 Å². The normalized spacial score (nSPS) is 14.3. The summed E-state index contributed by atoms with van der Waals surface area (Å²) in [4.78, 5) is 12.9. The summed E-state index contributed by atoms with van der Waals surface area (Å²) in [6, 6.07) is 4.97. The number of aromatic carboxylic acids is 1. The molecule has 1 saturated heterocycles. The van der Waals surface area contributed by atoms with Crippen LogP contribution in [0.3, 0.4) is 0 Å². The number of aryl methyl sites for hydroxylation is 1. The van der Waals surface area contributed by atoms with E-state index in [9.17, 15) is 4.79 Å². The summed E-state index contributed by atoms with van der Waals surface area (Å²) in [6.45, 7) is 4.39. The molecule has 0 saturated carbocycles. The lowest BCUT2D eigenvalue weighted by Gasteiger charge is -2.24. The van der Waals surface area contributed by atoms with Gasteiger partial charge in [-0.2, -0.15) is 0 Å². The average Bonchev–Trinajstić information content (AvgIpc) is 2.27. The highest BCUT2D eigenvalue weighted by Crippen LogP contribution is 2.16. The molecule has 94 valence electrons. The number of carboxylic acid groups (broad SMARTS) is 1. The molecule has 4 nitrogen and oxygen atoms in total. The SMILES string of the molecule is CN1CCC1.COc1ccc(C)c(C(=O)O)c1. The van der Waals surface area contributed by atoms with Gasteiger partial charge in [0.25, 0.3) is 0 Å². The van der Waals surface area contributed by atoms with Gasteiger partial charge in [0.1, 0.15) is 5.75 Å². The highest BCUT2D eigenvalue weighted by Gasteiger charge is 2.07. The number of rotatable bonds is 2. The van der Waals surface area contributed by atoms with Crippen LogP contribution in [0.15, 0.2) is 18.2 Å². The fourth-order valence-electron chi connectivity index (χ4n) is 1.43. The van der Waals surface area contributed by atoms with Crippen molar-refractivity contribution in [2.75, 3.05) is 27.2 Å². The van der Waals surface area contributed by atoms with Crippen molar-refractivity contribution in [3.05, 3.63) is 29.3 Å². The molecule has 0 atom stereocenters. The van der Waals surface area contributed by atoms with Gasteiger partial charge in [0.15, 0.2) is 0 Å². The van der Waals surface area contributed by atoms with E-state index in [1.807, 2.05) is 0 Å². The van der Waals surface area contributed by atoms with E-state index in [-0.39, 0.29) is 5.56 Å². The zero-order valence-corrected chi connectivity index (χ0v) is 10.6. The summed E-state index contributed by atoms with van der Waals surface area (Å²) < 4.78 is 4.90. The molecule has 0 radical (unpaired) electrons. The van der Waals surface area contributed by atoms with Gasteiger partial charge in [0, 0.05) is 0 Å². The quantitative estimate of drug-likeness (QED) is 0.855. The van der Waals surface area contributed by atoms with Gasteiger partial charge in [0.2, 0.25) is 0 Å². The molecule has 4 heteroatoms. The topological polar surface area (TPSA) is 49.8 Å². The van der Waals surface area contributed by atoms with E-state index < -0.39 is 5.97 Å². The second-order valence-corrected chi connectivity index (χ2v) is 4.14. The highest BCUT2D eigenvalue weighted by atomic mass is 16.5. The molecule has 17 heavy (non-hydrogen) atoms. The van der Waals surface area contributed by atoms with Crippen LogP contribution in [0.2, 0.25) is 0 Å². The summed E-state index contributed by atoms with van der Waals surface area (Å²) in [6.07, 6.45) is 1.41. The first-order chi connectivity index (χ1) is 8.04. The van der Waals surface area contributed by atoms with E-state index in [0.717, 1.165) is 5.56 Å². The number of carbonyl (C=O) groups is 1. The molecular formula is C13H19NO3. The average molecular weight is 237 g/mol. The second-order valence-electron chi connectivity index (χ2n) is 4.14. The Hall–Kier alpha value is -1.55. The third kappa shape index (κ3) is 4.07. The van der Waals surface area contributed by atoms with Crippen molar-refractivity contribution in [1.82, 2.24) is 4.90 Å². The number of methoxy groups -OCH3 is 1. The van der Waals surface area contributed by atoms with Crippen molar-refractivity contribution in [2.24, 2.45) is 0 Å². The Balaban J connectivity index is 0.000000239. The van der Waals surface area contributed by atoms with Crippen LogP contribution in [0.5, 0.6) is 5.75 Å². The second kappa shape index (κ2) is 6.25. The van der Waals surface area contributed by atoms with Crippen molar-refractivity contribution in [2.45, 2.75) is 13.3 Å². The first-order valence-electron chi connectivity index (χ1n) is 5.61. The maximum absolute atomic E-state index is 10.6. The molecule has 0 unspecified atom stereocenters. The van der Waals surface area contributed by atoms with Crippen LogP contribution in [0.4, 0.5) is 0 Å². The number of hydrogen-bond donors (Lipinski definition) is 1. The minimum absolute atomic E-state index is 0.286. The third-order valence-corrected chi connectivity index (χ3v) is 2.75. The predicted molar refractivity (Wildman–Crippen MR) is 66.8 cm³/mol. The molecule has 0 aromatic heterocycles. The number of likely N-dealkylation sites (tertiary alicyclic amines) is 1. The number of benzene rings is 1. The maximum Gasteiger partial charge on any atom is 0.336 e. The van der Waals surface area contributed by atoms with Gasteiger partial charge in [-0.3, -0.25) is 0 Å². The molecule has 0 amide bonds. The number of nitrogens with zero attached hydrogens (tertiary/aromatic N) is 1. The summed E-state index contributed by atoms with van der Waals surface area (Å²) in [5, 5.41) is 8.73. The Morgan fingerprint density at radius 1 is 1.41 bits per heavy atom. The fourth-order valence-corrected chi connectivity index (χ4v) is 1.43. The van der Waals surface area contributed by atoms with Crippen LogP contribution >= 0.6 is 0 Å². The highest BCUT2D eigenvalue weighted by molar-refractivity contribution is 5.89. The Labute approximate surface area is 102 Å². The van der Waals surface area contributed by atoms with Crippen LogP contribution in [-0.4, -0.2) is 43.2 Å². The van der Waals surface area contributed by atoms with E-state index in [1.165, 1.54) is 32.7 Å². The smallest absolute Gasteiger partial charge is 0.336 e. The predicted octanol–water partition coefficient (Wildman–Crippen LogP) is 2.02. The molecule has 1 N–H and O–H groups in total. The molecule has 0 spiro atoms. The molecule has 1 aliphatic heterocycles. The molecule has 2 rings (SSSR count). The van der Waals surface area contributed by atoms with Gasteiger partial charge in [-0.15, -0.1) is 0 Å². The Bertz CT molecular complexity index is 386.